The summed E-state index contributed by atoms with van der Waals surface area (Å²) in [6.45, 7) is 2.34. The third kappa shape index (κ3) is 2.83. The van der Waals surface area contributed by atoms with Crippen molar-refractivity contribution in [3.05, 3.63) is 42.4 Å². The lowest BCUT2D eigenvalue weighted by Gasteiger charge is -2.09. The molecule has 0 fully saturated rings. The van der Waals surface area contributed by atoms with Crippen LogP contribution in [-0.2, 0) is 4.84 Å². The van der Waals surface area contributed by atoms with Gasteiger partial charge in [0, 0.05) is 22.8 Å². The molecule has 0 atom stereocenters. The number of hydrogen-bond acceptors (Lipinski definition) is 6. The summed E-state index contributed by atoms with van der Waals surface area (Å²) in [5.41, 5.74) is 8.45. The number of benzene rings is 1. The van der Waals surface area contributed by atoms with E-state index in [0.29, 0.717) is 23.8 Å². The van der Waals surface area contributed by atoms with Gasteiger partial charge in [-0.25, -0.2) is 9.97 Å². The molecule has 0 unspecified atom stereocenters. The summed E-state index contributed by atoms with van der Waals surface area (Å²) in [6, 6.07) is 7.98. The van der Waals surface area contributed by atoms with Gasteiger partial charge in [-0.1, -0.05) is 5.16 Å². The van der Waals surface area contributed by atoms with E-state index in [2.05, 4.69) is 25.4 Å². The van der Waals surface area contributed by atoms with Crippen LogP contribution in [0.4, 0.5) is 17.3 Å². The standard InChI is InChI=1S/C15H16N6O/c1-2-22-20-8-12-14(16)18-9-19-15(12)21-11-3-4-13-10(7-11)5-6-17-13/h3-9,17H,2H2,1H3,(H3,16,18,19,21)/b20-8+. The maximum Gasteiger partial charge on any atom is 0.144 e. The monoisotopic (exact) mass is 296 g/mol. The van der Waals surface area contributed by atoms with Gasteiger partial charge in [0.2, 0.25) is 0 Å². The van der Waals surface area contributed by atoms with Crippen LogP contribution in [0.3, 0.4) is 0 Å². The van der Waals surface area contributed by atoms with Crippen molar-refractivity contribution >= 4 is 34.4 Å². The molecular formula is C15H16N6O. The Kier molecular flexibility index (Phi) is 3.86. The normalized spacial score (nSPS) is 11.1. The molecule has 0 saturated carbocycles. The minimum atomic E-state index is 0.337. The third-order valence-electron chi connectivity index (χ3n) is 3.12. The number of rotatable bonds is 5. The lowest BCUT2D eigenvalue weighted by atomic mass is 10.2. The largest absolute Gasteiger partial charge is 0.396 e. The van der Waals surface area contributed by atoms with E-state index in [9.17, 15) is 0 Å². The fourth-order valence-electron chi connectivity index (χ4n) is 2.07. The Morgan fingerprint density at radius 2 is 2.27 bits per heavy atom. The maximum atomic E-state index is 5.89. The first-order valence-corrected chi connectivity index (χ1v) is 6.88. The number of hydrogen-bond donors (Lipinski definition) is 3. The van der Waals surface area contributed by atoms with Crippen LogP contribution in [0, 0.1) is 0 Å². The van der Waals surface area contributed by atoms with Crippen LogP contribution in [0.15, 0.2) is 41.9 Å². The van der Waals surface area contributed by atoms with E-state index in [1.54, 1.807) is 0 Å². The Hall–Kier alpha value is -3.09. The van der Waals surface area contributed by atoms with Crippen LogP contribution < -0.4 is 11.1 Å². The number of aromatic nitrogens is 3. The van der Waals surface area contributed by atoms with E-state index in [4.69, 9.17) is 10.6 Å². The SMILES string of the molecule is CCO/N=C/c1c(N)ncnc1Nc1ccc2[nH]ccc2c1. The number of fused-ring (bicyclic) bond motifs is 1. The van der Waals surface area contributed by atoms with Gasteiger partial charge < -0.3 is 20.9 Å². The molecule has 0 spiro atoms. The Labute approximate surface area is 127 Å². The molecule has 4 N–H and O–H groups in total. The summed E-state index contributed by atoms with van der Waals surface area (Å²) in [4.78, 5) is 16.3. The van der Waals surface area contributed by atoms with E-state index < -0.39 is 0 Å². The number of H-pyrrole nitrogens is 1. The molecular weight excluding hydrogens is 280 g/mol. The van der Waals surface area contributed by atoms with Gasteiger partial charge in [0.05, 0.1) is 11.8 Å². The number of nitrogens with one attached hydrogen (secondary N) is 2. The minimum absolute atomic E-state index is 0.337. The van der Waals surface area contributed by atoms with E-state index >= 15 is 0 Å². The third-order valence-corrected chi connectivity index (χ3v) is 3.12. The molecule has 0 bridgehead atoms. The zero-order chi connectivity index (χ0) is 15.4. The molecule has 0 aliphatic rings. The highest BCUT2D eigenvalue weighted by atomic mass is 16.6. The molecule has 3 aromatic rings. The highest BCUT2D eigenvalue weighted by Gasteiger charge is 2.08. The van der Waals surface area contributed by atoms with Crippen molar-refractivity contribution in [2.45, 2.75) is 6.92 Å². The average Bonchev–Trinajstić information content (AvgIpc) is 2.98. The number of nitrogens with zero attached hydrogens (tertiary/aromatic N) is 3. The Morgan fingerprint density at radius 3 is 3.14 bits per heavy atom. The van der Waals surface area contributed by atoms with Gasteiger partial charge in [-0.05, 0) is 31.2 Å². The molecule has 2 aromatic heterocycles. The summed E-state index contributed by atoms with van der Waals surface area (Å²) < 4.78 is 0. The molecule has 22 heavy (non-hydrogen) atoms. The van der Waals surface area contributed by atoms with Crippen LogP contribution in [0.5, 0.6) is 0 Å². The van der Waals surface area contributed by atoms with Gasteiger partial charge in [-0.2, -0.15) is 0 Å². The first-order valence-electron chi connectivity index (χ1n) is 6.88. The van der Waals surface area contributed by atoms with E-state index in [1.165, 1.54) is 12.5 Å². The number of anilines is 3. The molecule has 3 rings (SSSR count). The molecule has 7 nitrogen and oxygen atoms in total. The molecule has 1 aromatic carbocycles. The van der Waals surface area contributed by atoms with Gasteiger partial charge in [-0.3, -0.25) is 0 Å². The fourth-order valence-corrected chi connectivity index (χ4v) is 2.07. The molecule has 7 heteroatoms. The topological polar surface area (TPSA) is 101 Å². The lowest BCUT2D eigenvalue weighted by molar-refractivity contribution is 0.160. The fraction of sp³-hybridized carbons (Fsp3) is 0.133. The first kappa shape index (κ1) is 13.9. The van der Waals surface area contributed by atoms with Crippen LogP contribution in [-0.4, -0.2) is 27.8 Å². The maximum absolute atomic E-state index is 5.89. The van der Waals surface area contributed by atoms with E-state index in [-0.39, 0.29) is 0 Å². The molecule has 0 radical (unpaired) electrons. The highest BCUT2D eigenvalue weighted by molar-refractivity contribution is 5.93. The molecule has 2 heterocycles. The van der Waals surface area contributed by atoms with Crippen molar-refractivity contribution in [3.63, 3.8) is 0 Å². The number of aromatic amines is 1. The quantitative estimate of drug-likeness (QED) is 0.496. The van der Waals surface area contributed by atoms with Gasteiger partial charge in [0.25, 0.3) is 0 Å². The molecule has 0 saturated heterocycles. The zero-order valence-electron chi connectivity index (χ0n) is 12.1. The number of nitrogens with two attached hydrogens (primary N) is 1. The second-order valence-corrected chi connectivity index (χ2v) is 4.58. The Bertz CT molecular complexity index is 811. The molecule has 112 valence electrons. The van der Waals surface area contributed by atoms with E-state index in [1.807, 2.05) is 37.4 Å². The van der Waals surface area contributed by atoms with Crippen molar-refractivity contribution < 1.29 is 4.84 Å². The van der Waals surface area contributed by atoms with Crippen molar-refractivity contribution in [2.75, 3.05) is 17.7 Å². The van der Waals surface area contributed by atoms with Gasteiger partial charge >= 0.3 is 0 Å². The predicted octanol–water partition coefficient (Wildman–Crippen LogP) is 2.65. The van der Waals surface area contributed by atoms with Crippen molar-refractivity contribution in [1.29, 1.82) is 0 Å². The summed E-state index contributed by atoms with van der Waals surface area (Å²) in [6.07, 6.45) is 4.82. The average molecular weight is 296 g/mol. The predicted molar refractivity (Wildman–Crippen MR) is 87.2 cm³/mol. The summed E-state index contributed by atoms with van der Waals surface area (Å²) >= 11 is 0. The van der Waals surface area contributed by atoms with Crippen molar-refractivity contribution in [1.82, 2.24) is 15.0 Å². The van der Waals surface area contributed by atoms with Crippen LogP contribution >= 0.6 is 0 Å². The second kappa shape index (κ2) is 6.13. The van der Waals surface area contributed by atoms with Crippen LogP contribution in [0.2, 0.25) is 0 Å². The second-order valence-electron chi connectivity index (χ2n) is 4.58. The van der Waals surface area contributed by atoms with Crippen LogP contribution in [0.25, 0.3) is 10.9 Å². The van der Waals surface area contributed by atoms with Gasteiger partial charge in [0.1, 0.15) is 24.6 Å². The van der Waals surface area contributed by atoms with Crippen molar-refractivity contribution in [3.8, 4) is 0 Å². The molecule has 0 amide bonds. The number of nitrogen functional groups attached to an aromatic ring is 1. The Balaban J connectivity index is 1.92. The Morgan fingerprint density at radius 1 is 1.36 bits per heavy atom. The van der Waals surface area contributed by atoms with Gasteiger partial charge in [0.15, 0.2) is 0 Å². The zero-order valence-corrected chi connectivity index (χ0v) is 12.1. The van der Waals surface area contributed by atoms with Crippen LogP contribution in [0.1, 0.15) is 12.5 Å². The number of oxime groups is 1. The smallest absolute Gasteiger partial charge is 0.144 e. The summed E-state index contributed by atoms with van der Waals surface area (Å²) in [5, 5.41) is 8.17. The van der Waals surface area contributed by atoms with Crippen molar-refractivity contribution in [2.24, 2.45) is 5.16 Å². The van der Waals surface area contributed by atoms with E-state index in [0.717, 1.165) is 16.6 Å². The molecule has 0 aliphatic heterocycles. The minimum Gasteiger partial charge on any atom is -0.396 e. The molecule has 0 aliphatic carbocycles. The van der Waals surface area contributed by atoms with Gasteiger partial charge in [-0.15, -0.1) is 0 Å². The highest BCUT2D eigenvalue weighted by Crippen LogP contribution is 2.23. The summed E-state index contributed by atoms with van der Waals surface area (Å²) in [7, 11) is 0. The first-order chi connectivity index (χ1) is 10.8. The summed E-state index contributed by atoms with van der Waals surface area (Å²) in [5.74, 6) is 0.912. The lowest BCUT2D eigenvalue weighted by Crippen LogP contribution is -2.05.